The summed E-state index contributed by atoms with van der Waals surface area (Å²) in [6.07, 6.45) is 9.80. The summed E-state index contributed by atoms with van der Waals surface area (Å²) < 4.78 is 0. The minimum atomic E-state index is -0.0528. The van der Waals surface area contributed by atoms with Gasteiger partial charge in [-0.1, -0.05) is 25.7 Å². The van der Waals surface area contributed by atoms with Crippen LogP contribution in [0.3, 0.4) is 0 Å². The summed E-state index contributed by atoms with van der Waals surface area (Å²) >= 11 is 0. The van der Waals surface area contributed by atoms with Gasteiger partial charge in [-0.2, -0.15) is 0 Å². The first-order valence-electron chi connectivity index (χ1n) is 7.28. The molecule has 2 atom stereocenters. The Labute approximate surface area is 104 Å². The Morgan fingerprint density at radius 2 is 1.71 bits per heavy atom. The van der Waals surface area contributed by atoms with E-state index in [1.165, 1.54) is 38.5 Å². The predicted molar refractivity (Wildman–Crippen MR) is 67.3 cm³/mol. The average Bonchev–Trinajstić information content (AvgIpc) is 2.92. The molecule has 0 aliphatic heterocycles. The summed E-state index contributed by atoms with van der Waals surface area (Å²) in [5, 5.41) is 3.30. The van der Waals surface area contributed by atoms with Crippen LogP contribution in [-0.2, 0) is 4.79 Å². The summed E-state index contributed by atoms with van der Waals surface area (Å²) in [7, 11) is 0. The van der Waals surface area contributed by atoms with Crippen molar-refractivity contribution >= 4 is 5.91 Å². The van der Waals surface area contributed by atoms with Crippen LogP contribution in [0.25, 0.3) is 0 Å². The fourth-order valence-electron chi connectivity index (χ4n) is 4.16. The Kier molecular flexibility index (Phi) is 2.89. The van der Waals surface area contributed by atoms with Crippen LogP contribution in [0.15, 0.2) is 0 Å². The molecule has 1 amide bonds. The van der Waals surface area contributed by atoms with Gasteiger partial charge in [-0.3, -0.25) is 4.79 Å². The zero-order valence-electron chi connectivity index (χ0n) is 10.6. The molecule has 3 fully saturated rings. The SMILES string of the molecule is NCC1(NC(=O)C2C3CCCCC32)CCCC1. The molecule has 2 unspecified atom stereocenters. The third kappa shape index (κ3) is 1.99. The molecule has 0 radical (unpaired) electrons. The minimum absolute atomic E-state index is 0.0528. The normalized spacial score (nSPS) is 38.5. The molecule has 3 heteroatoms. The second-order valence-electron chi connectivity index (χ2n) is 6.32. The fraction of sp³-hybridized carbons (Fsp3) is 0.929. The topological polar surface area (TPSA) is 55.1 Å². The number of fused-ring (bicyclic) bond motifs is 1. The molecule has 0 aromatic heterocycles. The summed E-state index contributed by atoms with van der Waals surface area (Å²) in [5.74, 6) is 2.07. The second-order valence-corrected chi connectivity index (χ2v) is 6.32. The number of hydrogen-bond acceptors (Lipinski definition) is 2. The van der Waals surface area contributed by atoms with Gasteiger partial charge in [-0.15, -0.1) is 0 Å². The number of rotatable bonds is 3. The molecule has 17 heavy (non-hydrogen) atoms. The van der Waals surface area contributed by atoms with Gasteiger partial charge in [-0.05, 0) is 37.5 Å². The summed E-state index contributed by atoms with van der Waals surface area (Å²) in [6.45, 7) is 0.612. The van der Waals surface area contributed by atoms with Crippen molar-refractivity contribution in [2.24, 2.45) is 23.5 Å². The van der Waals surface area contributed by atoms with E-state index in [1.54, 1.807) is 0 Å². The highest BCUT2D eigenvalue weighted by Gasteiger charge is 2.55. The van der Waals surface area contributed by atoms with Crippen molar-refractivity contribution in [1.82, 2.24) is 5.32 Å². The van der Waals surface area contributed by atoms with Crippen molar-refractivity contribution in [3.63, 3.8) is 0 Å². The van der Waals surface area contributed by atoms with Crippen molar-refractivity contribution in [1.29, 1.82) is 0 Å². The Morgan fingerprint density at radius 1 is 1.12 bits per heavy atom. The lowest BCUT2D eigenvalue weighted by Crippen LogP contribution is -2.52. The van der Waals surface area contributed by atoms with Crippen LogP contribution in [0.2, 0.25) is 0 Å². The van der Waals surface area contributed by atoms with E-state index < -0.39 is 0 Å². The van der Waals surface area contributed by atoms with Gasteiger partial charge in [0.05, 0.1) is 5.54 Å². The van der Waals surface area contributed by atoms with Crippen molar-refractivity contribution in [2.75, 3.05) is 6.54 Å². The lowest BCUT2D eigenvalue weighted by Gasteiger charge is -2.28. The Morgan fingerprint density at radius 3 is 2.24 bits per heavy atom. The Balaban J connectivity index is 1.60. The molecule has 96 valence electrons. The summed E-state index contributed by atoms with van der Waals surface area (Å²) in [6, 6.07) is 0. The average molecular weight is 236 g/mol. The molecule has 3 rings (SSSR count). The number of nitrogens with one attached hydrogen (secondary N) is 1. The van der Waals surface area contributed by atoms with E-state index in [1.807, 2.05) is 0 Å². The first kappa shape index (κ1) is 11.5. The number of nitrogens with two attached hydrogens (primary N) is 1. The highest BCUT2D eigenvalue weighted by atomic mass is 16.2. The van der Waals surface area contributed by atoms with Gasteiger partial charge >= 0.3 is 0 Å². The maximum absolute atomic E-state index is 12.3. The summed E-state index contributed by atoms with van der Waals surface area (Å²) in [5.41, 5.74) is 5.82. The lowest BCUT2D eigenvalue weighted by atomic mass is 9.97. The molecular formula is C14H24N2O. The molecule has 3 saturated carbocycles. The molecule has 0 spiro atoms. The van der Waals surface area contributed by atoms with Gasteiger partial charge in [0.25, 0.3) is 0 Å². The number of hydrogen-bond donors (Lipinski definition) is 2. The molecule has 3 N–H and O–H groups in total. The van der Waals surface area contributed by atoms with E-state index >= 15 is 0 Å². The van der Waals surface area contributed by atoms with Crippen LogP contribution in [0.4, 0.5) is 0 Å². The smallest absolute Gasteiger partial charge is 0.224 e. The van der Waals surface area contributed by atoms with E-state index in [-0.39, 0.29) is 5.54 Å². The quantitative estimate of drug-likeness (QED) is 0.785. The molecule has 0 aromatic rings. The van der Waals surface area contributed by atoms with Crippen molar-refractivity contribution < 1.29 is 4.79 Å². The molecule has 3 aliphatic rings. The standard InChI is InChI=1S/C14H24N2O/c15-9-14(7-3-4-8-14)16-13(17)12-10-5-1-2-6-11(10)12/h10-12H,1-9,15H2,(H,16,17). The zero-order valence-corrected chi connectivity index (χ0v) is 10.6. The minimum Gasteiger partial charge on any atom is -0.349 e. The van der Waals surface area contributed by atoms with E-state index in [0.717, 1.165) is 12.8 Å². The molecule has 0 bridgehead atoms. The van der Waals surface area contributed by atoms with Crippen LogP contribution < -0.4 is 11.1 Å². The second kappa shape index (κ2) is 4.27. The van der Waals surface area contributed by atoms with Gasteiger partial charge in [0, 0.05) is 12.5 Å². The van der Waals surface area contributed by atoms with E-state index in [9.17, 15) is 4.79 Å². The molecule has 0 heterocycles. The van der Waals surface area contributed by atoms with Crippen molar-refractivity contribution in [3.8, 4) is 0 Å². The Bertz CT molecular complexity index is 297. The van der Waals surface area contributed by atoms with E-state index in [4.69, 9.17) is 5.73 Å². The number of carbonyl (C=O) groups excluding carboxylic acids is 1. The first-order chi connectivity index (χ1) is 8.26. The first-order valence-corrected chi connectivity index (χ1v) is 7.28. The lowest BCUT2D eigenvalue weighted by molar-refractivity contribution is -0.124. The Hall–Kier alpha value is -0.570. The number of amides is 1. The molecule has 0 aromatic carbocycles. The fourth-order valence-corrected chi connectivity index (χ4v) is 4.16. The van der Waals surface area contributed by atoms with Crippen LogP contribution >= 0.6 is 0 Å². The largest absolute Gasteiger partial charge is 0.349 e. The van der Waals surface area contributed by atoms with Gasteiger partial charge in [0.1, 0.15) is 0 Å². The van der Waals surface area contributed by atoms with E-state index in [2.05, 4.69) is 5.32 Å². The summed E-state index contributed by atoms with van der Waals surface area (Å²) in [4.78, 5) is 12.3. The molecule has 0 saturated heterocycles. The molecular weight excluding hydrogens is 212 g/mol. The predicted octanol–water partition coefficient (Wildman–Crippen LogP) is 1.81. The van der Waals surface area contributed by atoms with Crippen molar-refractivity contribution in [2.45, 2.75) is 56.9 Å². The highest BCUT2D eigenvalue weighted by Crippen LogP contribution is 2.55. The third-order valence-corrected chi connectivity index (χ3v) is 5.30. The van der Waals surface area contributed by atoms with E-state index in [0.29, 0.717) is 30.2 Å². The van der Waals surface area contributed by atoms with Crippen LogP contribution in [0, 0.1) is 17.8 Å². The van der Waals surface area contributed by atoms with Gasteiger partial charge in [-0.25, -0.2) is 0 Å². The number of carbonyl (C=O) groups is 1. The maximum atomic E-state index is 12.3. The van der Waals surface area contributed by atoms with Crippen LogP contribution in [-0.4, -0.2) is 18.0 Å². The monoisotopic (exact) mass is 236 g/mol. The van der Waals surface area contributed by atoms with Gasteiger partial charge in [0.2, 0.25) is 5.91 Å². The third-order valence-electron chi connectivity index (χ3n) is 5.30. The van der Waals surface area contributed by atoms with Crippen LogP contribution in [0.1, 0.15) is 51.4 Å². The molecule has 3 aliphatic carbocycles. The maximum Gasteiger partial charge on any atom is 0.224 e. The van der Waals surface area contributed by atoms with Crippen LogP contribution in [0.5, 0.6) is 0 Å². The zero-order chi connectivity index (χ0) is 11.9. The highest BCUT2D eigenvalue weighted by molar-refractivity contribution is 5.83. The van der Waals surface area contributed by atoms with Crippen molar-refractivity contribution in [3.05, 3.63) is 0 Å². The van der Waals surface area contributed by atoms with Gasteiger partial charge < -0.3 is 11.1 Å². The van der Waals surface area contributed by atoms with Gasteiger partial charge in [0.15, 0.2) is 0 Å². The molecule has 3 nitrogen and oxygen atoms in total.